The first kappa shape index (κ1) is 21.1. The van der Waals surface area contributed by atoms with E-state index < -0.39 is 14.6 Å². The molecule has 2 amide bonds. The zero-order chi connectivity index (χ0) is 19.4. The van der Waals surface area contributed by atoms with Gasteiger partial charge in [-0.05, 0) is 39.8 Å². The zero-order valence-corrected chi connectivity index (χ0v) is 17.0. The minimum absolute atomic E-state index is 0.0979. The van der Waals surface area contributed by atoms with Crippen molar-refractivity contribution in [2.24, 2.45) is 0 Å². The van der Waals surface area contributed by atoms with Crippen LogP contribution in [0.5, 0.6) is 0 Å². The van der Waals surface area contributed by atoms with Crippen molar-refractivity contribution in [3.63, 3.8) is 0 Å². The van der Waals surface area contributed by atoms with Gasteiger partial charge in [-0.25, -0.2) is 8.42 Å². The monoisotopic (exact) mass is 388 g/mol. The van der Waals surface area contributed by atoms with Gasteiger partial charge in [0.15, 0.2) is 14.6 Å². The van der Waals surface area contributed by atoms with Gasteiger partial charge in [-0.15, -0.1) is 0 Å². The fourth-order valence-corrected chi connectivity index (χ4v) is 5.23. The third-order valence-corrected chi connectivity index (χ3v) is 7.65. The molecule has 8 nitrogen and oxygen atoms in total. The number of piperidine rings is 1. The molecular weight excluding hydrogens is 356 g/mol. The van der Waals surface area contributed by atoms with E-state index in [1.54, 1.807) is 9.80 Å². The van der Waals surface area contributed by atoms with Crippen molar-refractivity contribution in [2.75, 3.05) is 65.2 Å². The summed E-state index contributed by atoms with van der Waals surface area (Å²) in [5, 5.41) is 3.13. The van der Waals surface area contributed by atoms with Crippen LogP contribution in [0, 0.1) is 0 Å². The Balaban J connectivity index is 1.98. The lowest BCUT2D eigenvalue weighted by atomic mass is 9.95. The average molecular weight is 389 g/mol. The zero-order valence-electron chi connectivity index (χ0n) is 16.2. The number of nitrogens with one attached hydrogen (secondary N) is 1. The highest BCUT2D eigenvalue weighted by atomic mass is 32.2. The van der Waals surface area contributed by atoms with Gasteiger partial charge in [0, 0.05) is 45.5 Å². The summed E-state index contributed by atoms with van der Waals surface area (Å²) in [5.74, 6) is -0.169. The second-order valence-electron chi connectivity index (χ2n) is 7.15. The standard InChI is InChI=1S/C17H32N4O4S/c1-4-20(5-2)15(22)14-19-10-12-21(13-11-19)16(23)17(26(3,24)25)6-8-18-9-7-17/h18H,4-14H2,1-3H3. The van der Waals surface area contributed by atoms with Crippen LogP contribution in [0.15, 0.2) is 0 Å². The van der Waals surface area contributed by atoms with E-state index in [2.05, 4.69) is 5.32 Å². The van der Waals surface area contributed by atoms with Crippen LogP contribution in [0.2, 0.25) is 0 Å². The van der Waals surface area contributed by atoms with E-state index >= 15 is 0 Å². The Morgan fingerprint density at radius 2 is 1.58 bits per heavy atom. The Hall–Kier alpha value is -1.19. The number of hydrogen-bond donors (Lipinski definition) is 1. The molecule has 0 atom stereocenters. The lowest BCUT2D eigenvalue weighted by molar-refractivity contribution is -0.137. The van der Waals surface area contributed by atoms with Gasteiger partial charge in [0.2, 0.25) is 11.8 Å². The summed E-state index contributed by atoms with van der Waals surface area (Å²) in [6, 6.07) is 0. The van der Waals surface area contributed by atoms with E-state index in [0.717, 1.165) is 0 Å². The average Bonchev–Trinajstić information content (AvgIpc) is 2.62. The predicted molar refractivity (Wildman–Crippen MR) is 101 cm³/mol. The number of rotatable bonds is 6. The summed E-state index contributed by atoms with van der Waals surface area (Å²) in [7, 11) is -3.49. The van der Waals surface area contributed by atoms with Gasteiger partial charge < -0.3 is 15.1 Å². The second-order valence-corrected chi connectivity index (χ2v) is 9.48. The van der Waals surface area contributed by atoms with Crippen molar-refractivity contribution in [1.82, 2.24) is 20.0 Å². The highest BCUT2D eigenvalue weighted by molar-refractivity contribution is 7.92. The van der Waals surface area contributed by atoms with Crippen LogP contribution >= 0.6 is 0 Å². The molecule has 2 fully saturated rings. The van der Waals surface area contributed by atoms with Gasteiger partial charge in [-0.2, -0.15) is 0 Å². The highest BCUT2D eigenvalue weighted by Gasteiger charge is 2.50. The first-order valence-corrected chi connectivity index (χ1v) is 11.3. The molecule has 2 aliphatic rings. The number of nitrogens with zero attached hydrogens (tertiary/aromatic N) is 3. The van der Waals surface area contributed by atoms with Crippen LogP contribution in [-0.2, 0) is 19.4 Å². The molecule has 0 radical (unpaired) electrons. The van der Waals surface area contributed by atoms with Crippen molar-refractivity contribution in [1.29, 1.82) is 0 Å². The quantitative estimate of drug-likeness (QED) is 0.639. The summed E-state index contributed by atoms with van der Waals surface area (Å²) in [6.45, 7) is 8.86. The van der Waals surface area contributed by atoms with Crippen molar-refractivity contribution in [2.45, 2.75) is 31.4 Å². The van der Waals surface area contributed by atoms with Crippen molar-refractivity contribution in [3.8, 4) is 0 Å². The van der Waals surface area contributed by atoms with E-state index in [4.69, 9.17) is 0 Å². The number of carbonyl (C=O) groups excluding carboxylic acids is 2. The first-order valence-electron chi connectivity index (χ1n) is 9.45. The summed E-state index contributed by atoms with van der Waals surface area (Å²) in [4.78, 5) is 30.8. The minimum Gasteiger partial charge on any atom is -0.342 e. The Labute approximate surface area is 156 Å². The SMILES string of the molecule is CCN(CC)C(=O)CN1CCN(C(=O)C2(S(C)(=O)=O)CCNCC2)CC1. The van der Waals surface area contributed by atoms with E-state index in [0.29, 0.717) is 71.7 Å². The third kappa shape index (κ3) is 4.37. The molecule has 0 aromatic carbocycles. The molecular formula is C17H32N4O4S. The minimum atomic E-state index is -3.49. The lowest BCUT2D eigenvalue weighted by Gasteiger charge is -2.42. The fraction of sp³-hybridized carbons (Fsp3) is 0.882. The maximum Gasteiger partial charge on any atom is 0.244 e. The molecule has 150 valence electrons. The van der Waals surface area contributed by atoms with Crippen molar-refractivity contribution < 1.29 is 18.0 Å². The van der Waals surface area contributed by atoms with Crippen molar-refractivity contribution in [3.05, 3.63) is 0 Å². The second kappa shape index (κ2) is 8.67. The highest BCUT2D eigenvalue weighted by Crippen LogP contribution is 2.30. The number of carbonyl (C=O) groups is 2. The Morgan fingerprint density at radius 3 is 2.04 bits per heavy atom. The van der Waals surface area contributed by atoms with Crippen LogP contribution in [0.3, 0.4) is 0 Å². The topological polar surface area (TPSA) is 90.0 Å². The molecule has 1 N–H and O–H groups in total. The van der Waals surface area contributed by atoms with Crippen LogP contribution in [0.4, 0.5) is 0 Å². The Bertz CT molecular complexity index is 604. The molecule has 2 rings (SSSR count). The Morgan fingerprint density at radius 1 is 1.04 bits per heavy atom. The first-order chi connectivity index (χ1) is 12.2. The van der Waals surface area contributed by atoms with Gasteiger partial charge in [-0.3, -0.25) is 14.5 Å². The van der Waals surface area contributed by atoms with E-state index in [1.807, 2.05) is 18.7 Å². The molecule has 9 heteroatoms. The summed E-state index contributed by atoms with van der Waals surface area (Å²) in [6.07, 6.45) is 1.83. The van der Waals surface area contributed by atoms with E-state index in [1.165, 1.54) is 6.26 Å². The maximum absolute atomic E-state index is 13.1. The van der Waals surface area contributed by atoms with Crippen LogP contribution in [-0.4, -0.2) is 105 Å². The predicted octanol–water partition coefficient (Wildman–Crippen LogP) is -0.834. The maximum atomic E-state index is 13.1. The molecule has 2 aliphatic heterocycles. The van der Waals surface area contributed by atoms with E-state index in [-0.39, 0.29) is 11.8 Å². The van der Waals surface area contributed by atoms with Gasteiger partial charge >= 0.3 is 0 Å². The van der Waals surface area contributed by atoms with Gasteiger partial charge in [-0.1, -0.05) is 0 Å². The molecule has 0 aromatic heterocycles. The number of hydrogen-bond acceptors (Lipinski definition) is 6. The molecule has 0 bridgehead atoms. The van der Waals surface area contributed by atoms with Crippen LogP contribution in [0.1, 0.15) is 26.7 Å². The fourth-order valence-electron chi connectivity index (χ4n) is 3.84. The Kier molecular flexibility index (Phi) is 7.04. The smallest absolute Gasteiger partial charge is 0.244 e. The molecule has 0 spiro atoms. The number of sulfone groups is 1. The van der Waals surface area contributed by atoms with Crippen molar-refractivity contribution >= 4 is 21.7 Å². The molecule has 0 aromatic rings. The van der Waals surface area contributed by atoms with Gasteiger partial charge in [0.05, 0.1) is 6.54 Å². The van der Waals surface area contributed by atoms with Gasteiger partial charge in [0.1, 0.15) is 0 Å². The number of piperazine rings is 1. The molecule has 0 unspecified atom stereocenters. The normalized spacial score (nSPS) is 21.4. The lowest BCUT2D eigenvalue weighted by Crippen LogP contribution is -2.61. The molecule has 0 saturated carbocycles. The van der Waals surface area contributed by atoms with Crippen LogP contribution in [0.25, 0.3) is 0 Å². The summed E-state index contributed by atoms with van der Waals surface area (Å²) < 4.78 is 23.5. The summed E-state index contributed by atoms with van der Waals surface area (Å²) in [5.41, 5.74) is 0. The molecule has 0 aliphatic carbocycles. The molecule has 2 heterocycles. The summed E-state index contributed by atoms with van der Waals surface area (Å²) >= 11 is 0. The largest absolute Gasteiger partial charge is 0.342 e. The third-order valence-electron chi connectivity index (χ3n) is 5.65. The number of amides is 2. The molecule has 2 saturated heterocycles. The van der Waals surface area contributed by atoms with E-state index in [9.17, 15) is 18.0 Å². The van der Waals surface area contributed by atoms with Gasteiger partial charge in [0.25, 0.3) is 0 Å². The number of likely N-dealkylation sites (N-methyl/N-ethyl adjacent to an activating group) is 1. The molecule has 26 heavy (non-hydrogen) atoms. The van der Waals surface area contributed by atoms with Crippen LogP contribution < -0.4 is 5.32 Å².